The zero-order valence-electron chi connectivity index (χ0n) is 17.1. The molecule has 2 aliphatic heterocycles. The largest absolute Gasteiger partial charge is 0.487 e. The Morgan fingerprint density at radius 3 is 2.70 bits per heavy atom. The lowest BCUT2D eigenvalue weighted by molar-refractivity contribution is -0.142. The molecule has 0 aromatic heterocycles. The number of aliphatic hydroxyl groups excluding tert-OH is 1. The van der Waals surface area contributed by atoms with Crippen LogP contribution in [0.2, 0.25) is 0 Å². The van der Waals surface area contributed by atoms with Crippen molar-refractivity contribution in [2.45, 2.75) is 69.2 Å². The highest BCUT2D eigenvalue weighted by atomic mass is 16.6. The molecule has 7 heteroatoms. The zero-order valence-corrected chi connectivity index (χ0v) is 17.1. The van der Waals surface area contributed by atoms with E-state index in [1.807, 2.05) is 18.2 Å². The summed E-state index contributed by atoms with van der Waals surface area (Å²) in [4.78, 5) is 24.6. The predicted molar refractivity (Wildman–Crippen MR) is 110 cm³/mol. The highest BCUT2D eigenvalue weighted by Crippen LogP contribution is 2.47. The van der Waals surface area contributed by atoms with Crippen LogP contribution in [0.15, 0.2) is 18.2 Å². The summed E-state index contributed by atoms with van der Waals surface area (Å²) < 4.78 is 12.1. The molecular weight excluding hydrogens is 384 g/mol. The second-order valence-electron chi connectivity index (χ2n) is 9.23. The van der Waals surface area contributed by atoms with Crippen molar-refractivity contribution in [3.05, 3.63) is 23.8 Å². The van der Waals surface area contributed by atoms with Crippen molar-refractivity contribution in [1.29, 1.82) is 0 Å². The van der Waals surface area contributed by atoms with Crippen LogP contribution in [0.3, 0.4) is 0 Å². The summed E-state index contributed by atoms with van der Waals surface area (Å²) in [7, 11) is 0. The standard InChI is InChI=1S/C23H30N2O5/c26-12-20-22-18(9-16(29-20)10-21(27)24-11-13-4-5-13)17-8-15(6-7-19(17)30-22)25-23(28)14-2-1-3-14/h6-8,13-14,16,18,20,22,26H,1-5,9-12H2,(H,24,27)(H,25,28)/t16-,18-,20+,22+/m0/s1. The zero-order chi connectivity index (χ0) is 20.7. The molecule has 3 fully saturated rings. The molecule has 0 bridgehead atoms. The van der Waals surface area contributed by atoms with E-state index in [2.05, 4.69) is 10.6 Å². The van der Waals surface area contributed by atoms with Gasteiger partial charge in [0.15, 0.2) is 0 Å². The Labute approximate surface area is 176 Å². The number of aliphatic hydroxyl groups is 1. The van der Waals surface area contributed by atoms with Gasteiger partial charge in [-0.1, -0.05) is 6.42 Å². The number of rotatable bonds is 7. The molecule has 1 saturated heterocycles. The molecule has 2 heterocycles. The number of hydrogen-bond acceptors (Lipinski definition) is 5. The minimum Gasteiger partial charge on any atom is -0.487 e. The summed E-state index contributed by atoms with van der Waals surface area (Å²) in [6.45, 7) is 0.595. The van der Waals surface area contributed by atoms with E-state index in [-0.39, 0.29) is 42.5 Å². The molecule has 7 nitrogen and oxygen atoms in total. The average molecular weight is 415 g/mol. The van der Waals surface area contributed by atoms with Gasteiger partial charge >= 0.3 is 0 Å². The number of anilines is 1. The van der Waals surface area contributed by atoms with Gasteiger partial charge in [0.2, 0.25) is 11.8 Å². The second kappa shape index (κ2) is 8.19. The fourth-order valence-electron chi connectivity index (χ4n) is 4.74. The summed E-state index contributed by atoms with van der Waals surface area (Å²) in [5.74, 6) is 1.66. The molecule has 4 aliphatic rings. The monoisotopic (exact) mass is 414 g/mol. The van der Waals surface area contributed by atoms with Crippen molar-refractivity contribution in [1.82, 2.24) is 5.32 Å². The molecule has 0 unspecified atom stereocenters. The van der Waals surface area contributed by atoms with E-state index in [1.165, 1.54) is 12.8 Å². The van der Waals surface area contributed by atoms with Crippen molar-refractivity contribution in [2.24, 2.45) is 11.8 Å². The Morgan fingerprint density at radius 1 is 1.17 bits per heavy atom. The Kier molecular flexibility index (Phi) is 5.41. The molecule has 0 radical (unpaired) electrons. The van der Waals surface area contributed by atoms with Gasteiger partial charge in [-0.2, -0.15) is 0 Å². The Bertz CT molecular complexity index is 820. The van der Waals surface area contributed by atoms with Crippen LogP contribution < -0.4 is 15.4 Å². The molecule has 30 heavy (non-hydrogen) atoms. The van der Waals surface area contributed by atoms with E-state index in [0.29, 0.717) is 18.8 Å². The van der Waals surface area contributed by atoms with Gasteiger partial charge in [-0.25, -0.2) is 0 Å². The maximum absolute atomic E-state index is 12.3. The first-order valence-corrected chi connectivity index (χ1v) is 11.2. The maximum Gasteiger partial charge on any atom is 0.227 e. The SMILES string of the molecule is O=C(C[C@@H]1C[C@H]2c3cc(NC(=O)C4CCC4)ccc3O[C@H]2[C@@H](CO)O1)NCC1CC1. The summed E-state index contributed by atoms with van der Waals surface area (Å²) in [6, 6.07) is 5.74. The summed E-state index contributed by atoms with van der Waals surface area (Å²) in [5.41, 5.74) is 1.80. The number of fused-ring (bicyclic) bond motifs is 3. The quantitative estimate of drug-likeness (QED) is 0.636. The molecule has 0 spiro atoms. The van der Waals surface area contributed by atoms with Gasteiger partial charge in [-0.3, -0.25) is 9.59 Å². The first-order valence-electron chi connectivity index (χ1n) is 11.2. The molecule has 2 amide bonds. The van der Waals surface area contributed by atoms with E-state index in [1.54, 1.807) is 0 Å². The molecule has 2 saturated carbocycles. The van der Waals surface area contributed by atoms with Crippen LogP contribution in [-0.2, 0) is 14.3 Å². The third kappa shape index (κ3) is 4.05. The van der Waals surface area contributed by atoms with E-state index in [0.717, 1.165) is 42.8 Å². The van der Waals surface area contributed by atoms with Crippen LogP contribution in [0.4, 0.5) is 5.69 Å². The number of carbonyl (C=O) groups excluding carboxylic acids is 2. The average Bonchev–Trinajstić information content (AvgIpc) is 3.45. The third-order valence-corrected chi connectivity index (χ3v) is 6.94. The first-order chi connectivity index (χ1) is 14.6. The van der Waals surface area contributed by atoms with Gasteiger partial charge in [0.05, 0.1) is 19.1 Å². The van der Waals surface area contributed by atoms with Crippen molar-refractivity contribution in [2.75, 3.05) is 18.5 Å². The highest BCUT2D eigenvalue weighted by Gasteiger charge is 2.46. The smallest absolute Gasteiger partial charge is 0.227 e. The molecule has 3 N–H and O–H groups in total. The molecule has 4 atom stereocenters. The van der Waals surface area contributed by atoms with Crippen LogP contribution >= 0.6 is 0 Å². The lowest BCUT2D eigenvalue weighted by Crippen LogP contribution is -2.47. The topological polar surface area (TPSA) is 96.9 Å². The van der Waals surface area contributed by atoms with Crippen molar-refractivity contribution >= 4 is 17.5 Å². The van der Waals surface area contributed by atoms with Gasteiger partial charge < -0.3 is 25.2 Å². The lowest BCUT2D eigenvalue weighted by atomic mass is 9.83. The van der Waals surface area contributed by atoms with Gasteiger partial charge in [-0.15, -0.1) is 0 Å². The predicted octanol–water partition coefficient (Wildman–Crippen LogP) is 2.34. The van der Waals surface area contributed by atoms with Crippen molar-refractivity contribution in [3.63, 3.8) is 0 Å². The Morgan fingerprint density at radius 2 is 2.00 bits per heavy atom. The fraction of sp³-hybridized carbons (Fsp3) is 0.652. The number of nitrogens with one attached hydrogen (secondary N) is 2. The molecule has 1 aromatic carbocycles. The summed E-state index contributed by atoms with van der Waals surface area (Å²) in [5, 5.41) is 15.9. The molecule has 1 aromatic rings. The molecule has 2 aliphatic carbocycles. The Hall–Kier alpha value is -2.12. The number of benzene rings is 1. The maximum atomic E-state index is 12.3. The van der Waals surface area contributed by atoms with Crippen molar-refractivity contribution in [3.8, 4) is 5.75 Å². The van der Waals surface area contributed by atoms with E-state index in [4.69, 9.17) is 9.47 Å². The summed E-state index contributed by atoms with van der Waals surface area (Å²) >= 11 is 0. The van der Waals surface area contributed by atoms with Gasteiger partial charge in [0, 0.05) is 29.6 Å². The lowest BCUT2D eigenvalue weighted by Gasteiger charge is -2.37. The second-order valence-corrected chi connectivity index (χ2v) is 9.23. The van der Waals surface area contributed by atoms with Crippen molar-refractivity contribution < 1.29 is 24.2 Å². The van der Waals surface area contributed by atoms with Crippen LogP contribution in [0.1, 0.15) is 56.4 Å². The number of amides is 2. The number of ether oxygens (including phenoxy) is 2. The van der Waals surface area contributed by atoms with Gasteiger partial charge in [0.25, 0.3) is 0 Å². The number of hydrogen-bond donors (Lipinski definition) is 3. The van der Waals surface area contributed by atoms with E-state index < -0.39 is 6.10 Å². The molecule has 5 rings (SSSR count). The number of carbonyl (C=O) groups is 2. The van der Waals surface area contributed by atoms with E-state index in [9.17, 15) is 14.7 Å². The highest BCUT2D eigenvalue weighted by molar-refractivity contribution is 5.93. The Balaban J connectivity index is 1.27. The van der Waals surface area contributed by atoms with Crippen LogP contribution in [0.25, 0.3) is 0 Å². The summed E-state index contributed by atoms with van der Waals surface area (Å²) in [6.07, 6.45) is 5.40. The van der Waals surface area contributed by atoms with Crippen LogP contribution in [-0.4, -0.2) is 48.4 Å². The van der Waals surface area contributed by atoms with Crippen LogP contribution in [0, 0.1) is 11.8 Å². The van der Waals surface area contributed by atoms with Gasteiger partial charge in [-0.05, 0) is 56.2 Å². The van der Waals surface area contributed by atoms with Crippen LogP contribution in [0.5, 0.6) is 5.75 Å². The minimum atomic E-state index is -0.467. The molecule has 162 valence electrons. The normalized spacial score (nSPS) is 29.9. The third-order valence-electron chi connectivity index (χ3n) is 6.94. The van der Waals surface area contributed by atoms with Gasteiger partial charge in [0.1, 0.15) is 18.0 Å². The molecular formula is C23H30N2O5. The van der Waals surface area contributed by atoms with E-state index >= 15 is 0 Å². The fourth-order valence-corrected chi connectivity index (χ4v) is 4.74. The first kappa shape index (κ1) is 19.8. The minimum absolute atomic E-state index is 0.00249.